The second kappa shape index (κ2) is 8.45. The van der Waals surface area contributed by atoms with Crippen LogP contribution in [0.25, 0.3) is 10.9 Å². The number of halogens is 1. The molecule has 0 fully saturated rings. The number of aldehydes is 1. The molecule has 0 saturated heterocycles. The Morgan fingerprint density at radius 1 is 0.966 bits per heavy atom. The highest BCUT2D eigenvalue weighted by Crippen LogP contribution is 2.25. The molecule has 1 heterocycles. The molecule has 0 saturated carbocycles. The topological polar surface area (TPSA) is 42.3 Å². The van der Waals surface area contributed by atoms with Crippen molar-refractivity contribution >= 4 is 44.7 Å². The van der Waals surface area contributed by atoms with E-state index in [1.165, 1.54) is 0 Å². The Bertz CT molecular complexity index is 1150. The van der Waals surface area contributed by atoms with Gasteiger partial charge in [-0.05, 0) is 35.9 Å². The quantitative estimate of drug-likeness (QED) is 0.369. The van der Waals surface area contributed by atoms with Crippen molar-refractivity contribution in [2.45, 2.75) is 13.1 Å². The fraction of sp³-hybridized carbons (Fsp3) is 0.0833. The van der Waals surface area contributed by atoms with Crippen molar-refractivity contribution in [3.05, 3.63) is 101 Å². The summed E-state index contributed by atoms with van der Waals surface area (Å²) in [6.07, 6.45) is 2.57. The summed E-state index contributed by atoms with van der Waals surface area (Å²) in [7, 11) is 0. The lowest BCUT2D eigenvalue weighted by atomic mass is 10.2. The van der Waals surface area contributed by atoms with E-state index >= 15 is 0 Å². The van der Waals surface area contributed by atoms with Gasteiger partial charge in [0.2, 0.25) is 5.91 Å². The third kappa shape index (κ3) is 4.15. The lowest BCUT2D eigenvalue weighted by Crippen LogP contribution is -2.33. The maximum Gasteiger partial charge on any atom is 0.247 e. The molecular weight excluding hydrogens is 428 g/mol. The Balaban J connectivity index is 1.68. The Labute approximate surface area is 177 Å². The molecule has 144 valence electrons. The standard InChI is InChI=1S/C24H19BrN2O2/c25-20-11-12-23-22(13-20)19(17-28)15-26(23)16-24(29)27(21-9-5-2-6-10-21)14-18-7-3-1-4-8-18/h1-13,15,17H,14,16H2. The van der Waals surface area contributed by atoms with Gasteiger partial charge in [0.15, 0.2) is 6.29 Å². The normalized spacial score (nSPS) is 10.8. The Hall–Kier alpha value is -3.18. The van der Waals surface area contributed by atoms with Gasteiger partial charge in [-0.25, -0.2) is 0 Å². The molecule has 0 aliphatic heterocycles. The zero-order valence-electron chi connectivity index (χ0n) is 15.7. The van der Waals surface area contributed by atoms with Crippen molar-refractivity contribution in [3.8, 4) is 0 Å². The van der Waals surface area contributed by atoms with Crippen molar-refractivity contribution in [3.63, 3.8) is 0 Å². The van der Waals surface area contributed by atoms with Gasteiger partial charge in [0.05, 0.1) is 6.54 Å². The molecule has 5 heteroatoms. The average molecular weight is 447 g/mol. The number of aromatic nitrogens is 1. The molecule has 1 aromatic heterocycles. The lowest BCUT2D eigenvalue weighted by Gasteiger charge is -2.23. The second-order valence-corrected chi connectivity index (χ2v) is 7.71. The van der Waals surface area contributed by atoms with Crippen molar-refractivity contribution in [1.82, 2.24) is 4.57 Å². The summed E-state index contributed by atoms with van der Waals surface area (Å²) >= 11 is 3.45. The fourth-order valence-electron chi connectivity index (χ4n) is 3.45. The third-order valence-corrected chi connectivity index (χ3v) is 5.35. The predicted molar refractivity (Wildman–Crippen MR) is 119 cm³/mol. The molecule has 1 amide bonds. The SMILES string of the molecule is O=Cc1cn(CC(=O)N(Cc2ccccc2)c2ccccc2)c2ccc(Br)cc12. The first kappa shape index (κ1) is 19.2. The van der Waals surface area contributed by atoms with E-state index in [0.717, 1.165) is 32.9 Å². The highest BCUT2D eigenvalue weighted by molar-refractivity contribution is 9.10. The van der Waals surface area contributed by atoms with Crippen molar-refractivity contribution in [2.75, 3.05) is 4.90 Å². The fourth-order valence-corrected chi connectivity index (χ4v) is 3.81. The number of rotatable bonds is 6. The van der Waals surface area contributed by atoms with E-state index in [1.54, 1.807) is 11.1 Å². The maximum atomic E-state index is 13.3. The van der Waals surface area contributed by atoms with Gasteiger partial charge in [0, 0.05) is 32.8 Å². The molecule has 3 aromatic carbocycles. The number of fused-ring (bicyclic) bond motifs is 1. The number of carbonyl (C=O) groups excluding carboxylic acids is 2. The predicted octanol–water partition coefficient (Wildman–Crippen LogP) is 5.45. The van der Waals surface area contributed by atoms with E-state index in [2.05, 4.69) is 15.9 Å². The Morgan fingerprint density at radius 3 is 2.34 bits per heavy atom. The number of nitrogens with zero attached hydrogens (tertiary/aromatic N) is 2. The van der Waals surface area contributed by atoms with Crippen LogP contribution in [0.1, 0.15) is 15.9 Å². The smallest absolute Gasteiger partial charge is 0.247 e. The lowest BCUT2D eigenvalue weighted by molar-refractivity contribution is -0.119. The van der Waals surface area contributed by atoms with E-state index < -0.39 is 0 Å². The molecule has 0 unspecified atom stereocenters. The molecule has 4 aromatic rings. The van der Waals surface area contributed by atoms with Gasteiger partial charge in [-0.3, -0.25) is 9.59 Å². The molecule has 0 aliphatic carbocycles. The average Bonchev–Trinajstić information content (AvgIpc) is 3.09. The number of amides is 1. The number of hydrogen-bond donors (Lipinski definition) is 0. The van der Waals surface area contributed by atoms with E-state index in [4.69, 9.17) is 0 Å². The van der Waals surface area contributed by atoms with Gasteiger partial charge in [0.1, 0.15) is 6.54 Å². The van der Waals surface area contributed by atoms with Crippen LogP contribution >= 0.6 is 15.9 Å². The van der Waals surface area contributed by atoms with Gasteiger partial charge in [-0.2, -0.15) is 0 Å². The van der Waals surface area contributed by atoms with Gasteiger partial charge in [-0.1, -0.05) is 64.5 Å². The molecule has 0 radical (unpaired) electrons. The van der Waals surface area contributed by atoms with Crippen LogP contribution < -0.4 is 4.90 Å². The van der Waals surface area contributed by atoms with Crippen LogP contribution in [0.3, 0.4) is 0 Å². The molecular formula is C24H19BrN2O2. The summed E-state index contributed by atoms with van der Waals surface area (Å²) in [5.74, 6) is -0.0441. The first-order chi connectivity index (χ1) is 14.2. The van der Waals surface area contributed by atoms with Crippen molar-refractivity contribution in [2.24, 2.45) is 0 Å². The largest absolute Gasteiger partial charge is 0.337 e. The Kier molecular flexibility index (Phi) is 5.58. The highest BCUT2D eigenvalue weighted by Gasteiger charge is 2.18. The van der Waals surface area contributed by atoms with Crippen LogP contribution in [0, 0.1) is 0 Å². The van der Waals surface area contributed by atoms with Crippen LogP contribution in [0.4, 0.5) is 5.69 Å². The molecule has 29 heavy (non-hydrogen) atoms. The number of para-hydroxylation sites is 1. The highest BCUT2D eigenvalue weighted by atomic mass is 79.9. The van der Waals surface area contributed by atoms with E-state index in [0.29, 0.717) is 12.1 Å². The summed E-state index contributed by atoms with van der Waals surface area (Å²) in [5, 5.41) is 0.830. The first-order valence-corrected chi connectivity index (χ1v) is 10.1. The second-order valence-electron chi connectivity index (χ2n) is 6.79. The number of anilines is 1. The van der Waals surface area contributed by atoms with E-state index in [9.17, 15) is 9.59 Å². The summed E-state index contributed by atoms with van der Waals surface area (Å²) in [5.41, 5.74) is 3.33. The summed E-state index contributed by atoms with van der Waals surface area (Å²) < 4.78 is 2.74. The van der Waals surface area contributed by atoms with Crippen LogP contribution in [-0.4, -0.2) is 16.8 Å². The molecule has 0 N–H and O–H groups in total. The van der Waals surface area contributed by atoms with Gasteiger partial charge in [0.25, 0.3) is 0 Å². The molecule has 0 spiro atoms. The van der Waals surface area contributed by atoms with Gasteiger partial charge < -0.3 is 9.47 Å². The molecule has 4 nitrogen and oxygen atoms in total. The summed E-state index contributed by atoms with van der Waals surface area (Å²) in [6.45, 7) is 0.628. The number of hydrogen-bond acceptors (Lipinski definition) is 2. The molecule has 0 atom stereocenters. The number of benzene rings is 3. The van der Waals surface area contributed by atoms with Crippen LogP contribution in [0.15, 0.2) is 89.5 Å². The summed E-state index contributed by atoms with van der Waals surface area (Å²) in [4.78, 5) is 26.6. The maximum absolute atomic E-state index is 13.3. The van der Waals surface area contributed by atoms with Gasteiger partial charge >= 0.3 is 0 Å². The zero-order chi connectivity index (χ0) is 20.2. The van der Waals surface area contributed by atoms with Crippen LogP contribution in [0.2, 0.25) is 0 Å². The Morgan fingerprint density at radius 2 is 1.66 bits per heavy atom. The van der Waals surface area contributed by atoms with Crippen molar-refractivity contribution in [1.29, 1.82) is 0 Å². The molecule has 4 rings (SSSR count). The third-order valence-electron chi connectivity index (χ3n) is 4.86. The van der Waals surface area contributed by atoms with E-state index in [1.807, 2.05) is 83.4 Å². The first-order valence-electron chi connectivity index (χ1n) is 9.28. The number of carbonyl (C=O) groups is 2. The van der Waals surface area contributed by atoms with E-state index in [-0.39, 0.29) is 12.5 Å². The van der Waals surface area contributed by atoms with Crippen molar-refractivity contribution < 1.29 is 9.59 Å². The molecule has 0 bridgehead atoms. The molecule has 0 aliphatic rings. The minimum absolute atomic E-state index is 0.0441. The zero-order valence-corrected chi connectivity index (χ0v) is 17.2. The monoisotopic (exact) mass is 446 g/mol. The minimum atomic E-state index is -0.0441. The van der Waals surface area contributed by atoms with Crippen LogP contribution in [-0.2, 0) is 17.9 Å². The van der Waals surface area contributed by atoms with Crippen LogP contribution in [0.5, 0.6) is 0 Å². The van der Waals surface area contributed by atoms with Gasteiger partial charge in [-0.15, -0.1) is 0 Å². The minimum Gasteiger partial charge on any atom is -0.337 e. The summed E-state index contributed by atoms with van der Waals surface area (Å²) in [6, 6.07) is 25.3.